The van der Waals surface area contributed by atoms with Crippen LogP contribution in [0.1, 0.15) is 36.5 Å². The van der Waals surface area contributed by atoms with Gasteiger partial charge in [-0.05, 0) is 30.0 Å². The van der Waals surface area contributed by atoms with Gasteiger partial charge in [0.1, 0.15) is 0 Å². The molecule has 0 fully saturated rings. The van der Waals surface area contributed by atoms with Gasteiger partial charge in [0.05, 0.1) is 0 Å². The Balaban J connectivity index is 3.43. The van der Waals surface area contributed by atoms with Crippen LogP contribution in [0.5, 0.6) is 0 Å². The summed E-state index contributed by atoms with van der Waals surface area (Å²) < 4.78 is 0. The fourth-order valence-electron chi connectivity index (χ4n) is 1.76. The van der Waals surface area contributed by atoms with Crippen LogP contribution in [0.4, 0.5) is 5.69 Å². The first kappa shape index (κ1) is 9.85. The zero-order valence-electron chi connectivity index (χ0n) is 8.59. The number of benzene rings is 1. The van der Waals surface area contributed by atoms with E-state index in [-0.39, 0.29) is 0 Å². The highest BCUT2D eigenvalue weighted by atomic mass is 14.6. The molecule has 0 aliphatic rings. The summed E-state index contributed by atoms with van der Waals surface area (Å²) in [7, 11) is 0. The number of hydrogen-bond acceptors (Lipinski definition) is 1. The van der Waals surface area contributed by atoms with Crippen LogP contribution in [-0.4, -0.2) is 0 Å². The lowest BCUT2D eigenvalue weighted by atomic mass is 9.91. The Morgan fingerprint density at radius 1 is 1.38 bits per heavy atom. The van der Waals surface area contributed by atoms with Gasteiger partial charge in [-0.15, -0.1) is 0 Å². The van der Waals surface area contributed by atoms with Crippen LogP contribution in [0.25, 0.3) is 6.08 Å². The van der Waals surface area contributed by atoms with Gasteiger partial charge in [0.15, 0.2) is 0 Å². The molecule has 13 heavy (non-hydrogen) atoms. The van der Waals surface area contributed by atoms with Crippen LogP contribution in [0.2, 0.25) is 0 Å². The van der Waals surface area contributed by atoms with E-state index in [1.54, 1.807) is 0 Å². The first-order valence-electron chi connectivity index (χ1n) is 4.59. The SMILES string of the molecule is C=Cc1c(N)ccc(C)c1C(C)C. The molecule has 0 radical (unpaired) electrons. The van der Waals surface area contributed by atoms with Crippen molar-refractivity contribution in [1.82, 2.24) is 0 Å². The Labute approximate surface area is 80.3 Å². The molecule has 0 amide bonds. The first-order chi connectivity index (χ1) is 6.07. The summed E-state index contributed by atoms with van der Waals surface area (Å²) in [6.07, 6.45) is 1.84. The van der Waals surface area contributed by atoms with E-state index < -0.39 is 0 Å². The van der Waals surface area contributed by atoms with E-state index in [9.17, 15) is 0 Å². The van der Waals surface area contributed by atoms with Gasteiger partial charge >= 0.3 is 0 Å². The number of hydrogen-bond donors (Lipinski definition) is 1. The number of nitrogens with two attached hydrogens (primary N) is 1. The minimum absolute atomic E-state index is 0.497. The summed E-state index contributed by atoms with van der Waals surface area (Å²) in [6, 6.07) is 4.01. The molecule has 0 aliphatic heterocycles. The highest BCUT2D eigenvalue weighted by Gasteiger charge is 2.09. The standard InChI is InChI=1S/C12H17N/c1-5-10-11(13)7-6-9(4)12(10)8(2)3/h5-8H,1,13H2,2-4H3. The van der Waals surface area contributed by atoms with Gasteiger partial charge < -0.3 is 5.73 Å². The van der Waals surface area contributed by atoms with Crippen LogP contribution in [-0.2, 0) is 0 Å². The molecular weight excluding hydrogens is 158 g/mol. The maximum atomic E-state index is 5.87. The lowest BCUT2D eigenvalue weighted by Crippen LogP contribution is -2.00. The van der Waals surface area contributed by atoms with Crippen molar-refractivity contribution >= 4 is 11.8 Å². The van der Waals surface area contributed by atoms with Crippen molar-refractivity contribution in [3.05, 3.63) is 35.4 Å². The van der Waals surface area contributed by atoms with Crippen LogP contribution < -0.4 is 5.73 Å². The summed E-state index contributed by atoms with van der Waals surface area (Å²) in [5.74, 6) is 0.497. The third-order valence-electron chi connectivity index (χ3n) is 2.32. The van der Waals surface area contributed by atoms with Crippen molar-refractivity contribution in [2.75, 3.05) is 5.73 Å². The van der Waals surface area contributed by atoms with Crippen LogP contribution >= 0.6 is 0 Å². The van der Waals surface area contributed by atoms with E-state index in [2.05, 4.69) is 33.4 Å². The molecule has 1 heteroatoms. The number of rotatable bonds is 2. The summed E-state index contributed by atoms with van der Waals surface area (Å²) >= 11 is 0. The number of aryl methyl sites for hydroxylation is 1. The molecule has 0 unspecified atom stereocenters. The molecule has 1 aromatic carbocycles. The Kier molecular flexibility index (Phi) is 2.76. The van der Waals surface area contributed by atoms with E-state index in [0.717, 1.165) is 11.3 Å². The molecule has 0 bridgehead atoms. The maximum absolute atomic E-state index is 5.87. The van der Waals surface area contributed by atoms with E-state index in [1.165, 1.54) is 11.1 Å². The predicted octanol–water partition coefficient (Wildman–Crippen LogP) is 3.34. The average Bonchev–Trinajstić information content (AvgIpc) is 2.07. The van der Waals surface area contributed by atoms with Gasteiger partial charge in [-0.3, -0.25) is 0 Å². The van der Waals surface area contributed by atoms with Crippen LogP contribution in [0.15, 0.2) is 18.7 Å². The van der Waals surface area contributed by atoms with Gasteiger partial charge in [-0.1, -0.05) is 32.6 Å². The van der Waals surface area contributed by atoms with Crippen molar-refractivity contribution in [2.45, 2.75) is 26.7 Å². The summed E-state index contributed by atoms with van der Waals surface area (Å²) in [5.41, 5.74) is 10.4. The maximum Gasteiger partial charge on any atom is 0.0390 e. The van der Waals surface area contributed by atoms with Crippen LogP contribution in [0.3, 0.4) is 0 Å². The Hall–Kier alpha value is -1.24. The second-order valence-corrected chi connectivity index (χ2v) is 3.66. The lowest BCUT2D eigenvalue weighted by Gasteiger charge is -2.15. The van der Waals surface area contributed by atoms with Gasteiger partial charge in [0.2, 0.25) is 0 Å². The molecule has 0 atom stereocenters. The Morgan fingerprint density at radius 3 is 2.38 bits per heavy atom. The molecule has 0 aromatic heterocycles. The highest BCUT2D eigenvalue weighted by molar-refractivity contribution is 5.68. The molecule has 1 aromatic rings. The van der Waals surface area contributed by atoms with Gasteiger partial charge in [-0.25, -0.2) is 0 Å². The summed E-state index contributed by atoms with van der Waals surface area (Å²) in [6.45, 7) is 10.3. The van der Waals surface area contributed by atoms with Crippen molar-refractivity contribution in [3.63, 3.8) is 0 Å². The zero-order valence-corrected chi connectivity index (χ0v) is 8.59. The molecule has 0 saturated carbocycles. The molecule has 2 N–H and O–H groups in total. The van der Waals surface area contributed by atoms with Crippen molar-refractivity contribution in [1.29, 1.82) is 0 Å². The molecular formula is C12H17N. The highest BCUT2D eigenvalue weighted by Crippen LogP contribution is 2.28. The Bertz CT molecular complexity index is 324. The molecule has 70 valence electrons. The van der Waals surface area contributed by atoms with Gasteiger partial charge in [-0.2, -0.15) is 0 Å². The molecule has 0 heterocycles. The number of nitrogen functional groups attached to an aromatic ring is 1. The third kappa shape index (κ3) is 1.74. The normalized spacial score (nSPS) is 10.5. The van der Waals surface area contributed by atoms with Crippen molar-refractivity contribution in [2.24, 2.45) is 0 Å². The van der Waals surface area contributed by atoms with Gasteiger partial charge in [0, 0.05) is 11.3 Å². The minimum atomic E-state index is 0.497. The van der Waals surface area contributed by atoms with Gasteiger partial charge in [0.25, 0.3) is 0 Å². The summed E-state index contributed by atoms with van der Waals surface area (Å²) in [4.78, 5) is 0. The Morgan fingerprint density at radius 2 is 2.00 bits per heavy atom. The fourth-order valence-corrected chi connectivity index (χ4v) is 1.76. The minimum Gasteiger partial charge on any atom is -0.398 e. The predicted molar refractivity (Wildman–Crippen MR) is 59.8 cm³/mol. The summed E-state index contributed by atoms with van der Waals surface area (Å²) in [5, 5.41) is 0. The molecule has 1 nitrogen and oxygen atoms in total. The molecule has 0 aliphatic carbocycles. The smallest absolute Gasteiger partial charge is 0.0390 e. The van der Waals surface area contributed by atoms with E-state index >= 15 is 0 Å². The topological polar surface area (TPSA) is 26.0 Å². The van der Waals surface area contributed by atoms with Crippen LogP contribution in [0, 0.1) is 6.92 Å². The van der Waals surface area contributed by atoms with E-state index in [0.29, 0.717) is 5.92 Å². The van der Waals surface area contributed by atoms with E-state index in [4.69, 9.17) is 5.73 Å². The fraction of sp³-hybridized carbons (Fsp3) is 0.333. The van der Waals surface area contributed by atoms with Crippen molar-refractivity contribution in [3.8, 4) is 0 Å². The second-order valence-electron chi connectivity index (χ2n) is 3.66. The molecule has 1 rings (SSSR count). The number of anilines is 1. The zero-order chi connectivity index (χ0) is 10.0. The molecule has 0 spiro atoms. The quantitative estimate of drug-likeness (QED) is 0.685. The lowest BCUT2D eigenvalue weighted by molar-refractivity contribution is 0.854. The monoisotopic (exact) mass is 175 g/mol. The van der Waals surface area contributed by atoms with E-state index in [1.807, 2.05) is 12.1 Å². The molecule has 0 saturated heterocycles. The van der Waals surface area contributed by atoms with Crippen molar-refractivity contribution < 1.29 is 0 Å². The largest absolute Gasteiger partial charge is 0.398 e. The third-order valence-corrected chi connectivity index (χ3v) is 2.32. The first-order valence-corrected chi connectivity index (χ1v) is 4.59. The average molecular weight is 175 g/mol. The second kappa shape index (κ2) is 3.65.